The van der Waals surface area contributed by atoms with Gasteiger partial charge >= 0.3 is 0 Å². The highest BCUT2D eigenvalue weighted by Gasteiger charge is 2.23. The lowest BCUT2D eigenvalue weighted by molar-refractivity contribution is 0.463. The van der Waals surface area contributed by atoms with Gasteiger partial charge in [-0.2, -0.15) is 0 Å². The SMILES string of the molecule is CC(C)(C)c1cn2c(n1)CC(N)CC2.Cl. The lowest BCUT2D eigenvalue weighted by Gasteiger charge is -2.18. The zero-order valence-electron chi connectivity index (χ0n) is 9.66. The van der Waals surface area contributed by atoms with Crippen LogP contribution in [-0.4, -0.2) is 15.6 Å². The Kier molecular flexibility index (Phi) is 3.46. The molecule has 2 rings (SSSR count). The normalized spacial score (nSPS) is 20.7. The summed E-state index contributed by atoms with van der Waals surface area (Å²) >= 11 is 0. The van der Waals surface area contributed by atoms with Crippen LogP contribution < -0.4 is 5.73 Å². The molecule has 1 aliphatic rings. The predicted octanol–water partition coefficient (Wildman–Crippen LogP) is 1.88. The second-order valence-electron chi connectivity index (χ2n) is 5.24. The first-order chi connectivity index (χ1) is 6.47. The molecule has 0 spiro atoms. The molecule has 1 aliphatic heterocycles. The molecule has 0 radical (unpaired) electrons. The van der Waals surface area contributed by atoms with Gasteiger partial charge < -0.3 is 10.3 Å². The van der Waals surface area contributed by atoms with Crippen LogP contribution in [0.3, 0.4) is 0 Å². The number of imidazole rings is 1. The summed E-state index contributed by atoms with van der Waals surface area (Å²) in [7, 11) is 0. The van der Waals surface area contributed by atoms with Crippen LogP contribution in [0.5, 0.6) is 0 Å². The summed E-state index contributed by atoms with van der Waals surface area (Å²) in [6.07, 6.45) is 4.18. The summed E-state index contributed by atoms with van der Waals surface area (Å²) in [6.45, 7) is 7.61. The highest BCUT2D eigenvalue weighted by atomic mass is 35.5. The minimum Gasteiger partial charge on any atom is -0.335 e. The summed E-state index contributed by atoms with van der Waals surface area (Å²) in [5.41, 5.74) is 7.24. The second-order valence-corrected chi connectivity index (χ2v) is 5.24. The first kappa shape index (κ1) is 12.5. The standard InChI is InChI=1S/C11H19N3.ClH/c1-11(2,3)9-7-14-5-4-8(12)6-10(14)13-9;/h7-8H,4-6,12H2,1-3H3;1H. The summed E-state index contributed by atoms with van der Waals surface area (Å²) in [5.74, 6) is 1.16. The third kappa shape index (κ3) is 2.52. The Bertz CT molecular complexity index is 338. The maximum Gasteiger partial charge on any atom is 0.110 e. The Morgan fingerprint density at radius 3 is 2.73 bits per heavy atom. The number of hydrogen-bond donors (Lipinski definition) is 1. The number of nitrogens with two attached hydrogens (primary N) is 1. The van der Waals surface area contributed by atoms with E-state index < -0.39 is 0 Å². The molecule has 1 unspecified atom stereocenters. The zero-order valence-corrected chi connectivity index (χ0v) is 10.5. The largest absolute Gasteiger partial charge is 0.335 e. The lowest BCUT2D eigenvalue weighted by Crippen LogP contribution is -2.30. The van der Waals surface area contributed by atoms with Crippen molar-refractivity contribution in [2.45, 2.75) is 51.6 Å². The average Bonchev–Trinajstić information content (AvgIpc) is 2.45. The molecule has 1 atom stereocenters. The second kappa shape index (κ2) is 4.14. The van der Waals surface area contributed by atoms with Crippen LogP contribution in [0.1, 0.15) is 38.7 Å². The van der Waals surface area contributed by atoms with Crippen LogP contribution in [0.25, 0.3) is 0 Å². The van der Waals surface area contributed by atoms with Crippen LogP contribution in [-0.2, 0) is 18.4 Å². The van der Waals surface area contributed by atoms with Gasteiger partial charge in [0.1, 0.15) is 5.82 Å². The first-order valence-electron chi connectivity index (χ1n) is 5.29. The molecule has 4 heteroatoms. The van der Waals surface area contributed by atoms with E-state index >= 15 is 0 Å². The number of rotatable bonds is 0. The van der Waals surface area contributed by atoms with E-state index in [1.54, 1.807) is 0 Å². The fourth-order valence-electron chi connectivity index (χ4n) is 1.81. The van der Waals surface area contributed by atoms with E-state index in [9.17, 15) is 0 Å². The molecular formula is C11H20ClN3. The number of nitrogens with zero attached hydrogens (tertiary/aromatic N) is 2. The van der Waals surface area contributed by atoms with Crippen molar-refractivity contribution >= 4 is 12.4 Å². The van der Waals surface area contributed by atoms with Gasteiger partial charge in [-0.15, -0.1) is 12.4 Å². The number of halogens is 1. The van der Waals surface area contributed by atoms with Crippen molar-refractivity contribution in [2.75, 3.05) is 0 Å². The van der Waals surface area contributed by atoms with Crippen molar-refractivity contribution < 1.29 is 0 Å². The summed E-state index contributed by atoms with van der Waals surface area (Å²) < 4.78 is 2.25. The molecule has 86 valence electrons. The molecule has 3 nitrogen and oxygen atoms in total. The van der Waals surface area contributed by atoms with Gasteiger partial charge in [0.15, 0.2) is 0 Å². The molecule has 15 heavy (non-hydrogen) atoms. The van der Waals surface area contributed by atoms with Crippen molar-refractivity contribution in [3.05, 3.63) is 17.7 Å². The van der Waals surface area contributed by atoms with E-state index in [4.69, 9.17) is 5.73 Å². The van der Waals surface area contributed by atoms with Gasteiger partial charge in [-0.25, -0.2) is 4.98 Å². The topological polar surface area (TPSA) is 43.8 Å². The monoisotopic (exact) mass is 229 g/mol. The summed E-state index contributed by atoms with van der Waals surface area (Å²) in [4.78, 5) is 4.66. The first-order valence-corrected chi connectivity index (χ1v) is 5.29. The Balaban J connectivity index is 0.00000112. The van der Waals surface area contributed by atoms with Crippen LogP contribution in [0.15, 0.2) is 6.20 Å². The maximum atomic E-state index is 5.91. The van der Waals surface area contributed by atoms with E-state index in [0.29, 0.717) is 6.04 Å². The van der Waals surface area contributed by atoms with Crippen molar-refractivity contribution in [3.63, 3.8) is 0 Å². The lowest BCUT2D eigenvalue weighted by atomic mass is 9.93. The highest BCUT2D eigenvalue weighted by molar-refractivity contribution is 5.85. The fraction of sp³-hybridized carbons (Fsp3) is 0.727. The maximum absolute atomic E-state index is 5.91. The van der Waals surface area contributed by atoms with Gasteiger partial charge in [-0.1, -0.05) is 20.8 Å². The van der Waals surface area contributed by atoms with E-state index in [-0.39, 0.29) is 17.8 Å². The van der Waals surface area contributed by atoms with Crippen LogP contribution in [0.2, 0.25) is 0 Å². The smallest absolute Gasteiger partial charge is 0.110 e. The highest BCUT2D eigenvalue weighted by Crippen LogP contribution is 2.23. The van der Waals surface area contributed by atoms with Gasteiger partial charge in [0.2, 0.25) is 0 Å². The van der Waals surface area contributed by atoms with Crippen LogP contribution >= 0.6 is 12.4 Å². The molecule has 0 amide bonds. The molecule has 0 fully saturated rings. The van der Waals surface area contributed by atoms with Gasteiger partial charge in [0.25, 0.3) is 0 Å². The molecule has 0 saturated carbocycles. The van der Waals surface area contributed by atoms with E-state index in [2.05, 4.69) is 36.5 Å². The fourth-order valence-corrected chi connectivity index (χ4v) is 1.81. The van der Waals surface area contributed by atoms with E-state index in [1.807, 2.05) is 0 Å². The third-order valence-corrected chi connectivity index (χ3v) is 2.81. The Morgan fingerprint density at radius 1 is 1.47 bits per heavy atom. The Hall–Kier alpha value is -0.540. The van der Waals surface area contributed by atoms with Gasteiger partial charge in [-0.3, -0.25) is 0 Å². The molecule has 1 aromatic rings. The Morgan fingerprint density at radius 2 is 2.13 bits per heavy atom. The molecule has 0 bridgehead atoms. The summed E-state index contributed by atoms with van der Waals surface area (Å²) in [6, 6.07) is 0.303. The molecule has 0 aliphatic carbocycles. The van der Waals surface area contributed by atoms with Gasteiger partial charge in [0, 0.05) is 30.6 Å². The minimum absolute atomic E-state index is 0. The molecule has 1 aromatic heterocycles. The molecule has 2 heterocycles. The van der Waals surface area contributed by atoms with E-state index in [0.717, 1.165) is 25.2 Å². The molecule has 0 saturated heterocycles. The zero-order chi connectivity index (χ0) is 10.3. The van der Waals surface area contributed by atoms with Crippen molar-refractivity contribution in [1.82, 2.24) is 9.55 Å². The van der Waals surface area contributed by atoms with Crippen molar-refractivity contribution in [2.24, 2.45) is 5.73 Å². The minimum atomic E-state index is 0. The van der Waals surface area contributed by atoms with Crippen LogP contribution in [0, 0.1) is 0 Å². The number of hydrogen-bond acceptors (Lipinski definition) is 2. The quantitative estimate of drug-likeness (QED) is 0.738. The molecule has 0 aromatic carbocycles. The van der Waals surface area contributed by atoms with Gasteiger partial charge in [0.05, 0.1) is 5.69 Å². The Labute approximate surface area is 97.5 Å². The number of aromatic nitrogens is 2. The summed E-state index contributed by atoms with van der Waals surface area (Å²) in [5, 5.41) is 0. The third-order valence-electron chi connectivity index (χ3n) is 2.81. The van der Waals surface area contributed by atoms with Crippen molar-refractivity contribution in [3.8, 4) is 0 Å². The average molecular weight is 230 g/mol. The molecular weight excluding hydrogens is 210 g/mol. The van der Waals surface area contributed by atoms with Gasteiger partial charge in [-0.05, 0) is 6.42 Å². The molecule has 2 N–H and O–H groups in total. The van der Waals surface area contributed by atoms with Crippen molar-refractivity contribution in [1.29, 1.82) is 0 Å². The van der Waals surface area contributed by atoms with E-state index in [1.165, 1.54) is 5.69 Å². The number of aryl methyl sites for hydroxylation is 1. The number of fused-ring (bicyclic) bond motifs is 1. The predicted molar refractivity (Wildman–Crippen MR) is 64.5 cm³/mol. The van der Waals surface area contributed by atoms with Crippen LogP contribution in [0.4, 0.5) is 0 Å².